The van der Waals surface area contributed by atoms with Crippen molar-refractivity contribution >= 4 is 15.9 Å². The molecule has 0 saturated heterocycles. The van der Waals surface area contributed by atoms with Crippen LogP contribution in [-0.2, 0) is 0 Å². The van der Waals surface area contributed by atoms with Gasteiger partial charge in [-0.05, 0) is 24.0 Å². The average molecular weight is 282 g/mol. The number of nitrogens with one attached hydrogen (secondary N) is 1. The van der Waals surface area contributed by atoms with Gasteiger partial charge in [0, 0.05) is 17.1 Å². The van der Waals surface area contributed by atoms with Crippen LogP contribution < -0.4 is 5.32 Å². The first kappa shape index (κ1) is 13.5. The normalized spacial score (nSPS) is 12.8. The van der Waals surface area contributed by atoms with Gasteiger partial charge in [-0.1, -0.05) is 60.6 Å². The van der Waals surface area contributed by atoms with Gasteiger partial charge in [-0.2, -0.15) is 0 Å². The minimum atomic E-state index is 0.357. The van der Waals surface area contributed by atoms with Crippen LogP contribution in [-0.4, -0.2) is 6.54 Å². The summed E-state index contributed by atoms with van der Waals surface area (Å²) in [5.41, 5.74) is 2.71. The summed E-state index contributed by atoms with van der Waals surface area (Å²) < 4.78 is 0.984. The van der Waals surface area contributed by atoms with Crippen molar-refractivity contribution in [3.8, 4) is 0 Å². The first-order chi connectivity index (χ1) is 7.50. The van der Waals surface area contributed by atoms with Gasteiger partial charge in [0.15, 0.2) is 0 Å². The van der Waals surface area contributed by atoms with Crippen molar-refractivity contribution in [2.24, 2.45) is 0 Å². The Labute approximate surface area is 107 Å². The van der Waals surface area contributed by atoms with Crippen LogP contribution in [0.5, 0.6) is 0 Å². The highest BCUT2D eigenvalue weighted by Gasteiger charge is 2.05. The van der Waals surface area contributed by atoms with Crippen molar-refractivity contribution in [3.05, 3.63) is 46.5 Å². The van der Waals surface area contributed by atoms with Gasteiger partial charge < -0.3 is 5.32 Å². The molecule has 16 heavy (non-hydrogen) atoms. The summed E-state index contributed by atoms with van der Waals surface area (Å²) in [5.74, 6) is 0.597. The summed E-state index contributed by atoms with van der Waals surface area (Å²) in [6.07, 6.45) is 0. The maximum absolute atomic E-state index is 3.81. The summed E-state index contributed by atoms with van der Waals surface area (Å²) in [6, 6.07) is 9.17. The van der Waals surface area contributed by atoms with Gasteiger partial charge in [-0.25, -0.2) is 0 Å². The van der Waals surface area contributed by atoms with Gasteiger partial charge in [0.2, 0.25) is 0 Å². The van der Waals surface area contributed by atoms with Crippen LogP contribution in [0.3, 0.4) is 0 Å². The summed E-state index contributed by atoms with van der Waals surface area (Å²) in [6.45, 7) is 11.2. The number of rotatable bonds is 5. The molecule has 0 aliphatic rings. The molecule has 0 amide bonds. The molecular formula is C14H20BrN. The topological polar surface area (TPSA) is 12.0 Å². The molecule has 0 spiro atoms. The van der Waals surface area contributed by atoms with Gasteiger partial charge in [-0.3, -0.25) is 0 Å². The number of hydrogen-bond donors (Lipinski definition) is 1. The van der Waals surface area contributed by atoms with Gasteiger partial charge in [0.25, 0.3) is 0 Å². The number of halogens is 1. The van der Waals surface area contributed by atoms with Crippen LogP contribution in [0.25, 0.3) is 0 Å². The molecule has 1 atom stereocenters. The third kappa shape index (κ3) is 4.11. The first-order valence-corrected chi connectivity index (χ1v) is 6.46. The summed E-state index contributed by atoms with van der Waals surface area (Å²) in [4.78, 5) is 0. The molecule has 1 rings (SSSR count). The number of hydrogen-bond acceptors (Lipinski definition) is 1. The van der Waals surface area contributed by atoms with E-state index in [1.165, 1.54) is 11.1 Å². The van der Waals surface area contributed by atoms with E-state index < -0.39 is 0 Å². The highest BCUT2D eigenvalue weighted by molar-refractivity contribution is 9.11. The zero-order valence-corrected chi connectivity index (χ0v) is 11.8. The van der Waals surface area contributed by atoms with Gasteiger partial charge in [0.05, 0.1) is 0 Å². The van der Waals surface area contributed by atoms with E-state index in [1.807, 2.05) is 0 Å². The maximum Gasteiger partial charge on any atom is 0.0295 e. The summed E-state index contributed by atoms with van der Waals surface area (Å²) in [7, 11) is 0. The van der Waals surface area contributed by atoms with Crippen LogP contribution in [0.1, 0.15) is 43.9 Å². The molecular weight excluding hydrogens is 262 g/mol. The molecule has 88 valence electrons. The average Bonchev–Trinajstić information content (AvgIpc) is 2.26. The molecule has 1 aromatic rings. The Bertz CT molecular complexity index is 340. The van der Waals surface area contributed by atoms with Crippen molar-refractivity contribution in [1.29, 1.82) is 0 Å². The van der Waals surface area contributed by atoms with Gasteiger partial charge in [0.1, 0.15) is 0 Å². The van der Waals surface area contributed by atoms with Crippen molar-refractivity contribution in [2.45, 2.75) is 32.7 Å². The van der Waals surface area contributed by atoms with Crippen LogP contribution in [0.15, 0.2) is 35.3 Å². The van der Waals surface area contributed by atoms with Crippen LogP contribution in [0.4, 0.5) is 0 Å². The standard InChI is InChI=1S/C14H20BrN/c1-10(2)13-5-7-14(8-6-13)12(4)16-9-11(3)15/h5-8,10,12,16H,3,9H2,1-2,4H3. The van der Waals surface area contributed by atoms with E-state index in [2.05, 4.69) is 72.9 Å². The monoisotopic (exact) mass is 281 g/mol. The quantitative estimate of drug-likeness (QED) is 0.845. The van der Waals surface area contributed by atoms with Crippen molar-refractivity contribution < 1.29 is 0 Å². The van der Waals surface area contributed by atoms with Crippen molar-refractivity contribution in [2.75, 3.05) is 6.54 Å². The molecule has 0 bridgehead atoms. The lowest BCUT2D eigenvalue weighted by Crippen LogP contribution is -2.19. The minimum absolute atomic E-state index is 0.357. The Kier molecular flexibility index (Phi) is 5.23. The molecule has 0 radical (unpaired) electrons. The maximum atomic E-state index is 3.81. The second kappa shape index (κ2) is 6.21. The van der Waals surface area contributed by atoms with E-state index in [-0.39, 0.29) is 0 Å². The predicted molar refractivity (Wildman–Crippen MR) is 75.0 cm³/mol. The molecule has 1 aromatic carbocycles. The third-order valence-electron chi connectivity index (χ3n) is 2.70. The third-order valence-corrected chi connectivity index (χ3v) is 2.98. The Balaban J connectivity index is 2.62. The molecule has 1 N–H and O–H groups in total. The fourth-order valence-electron chi connectivity index (χ4n) is 1.55. The lowest BCUT2D eigenvalue weighted by molar-refractivity contribution is 0.615. The molecule has 0 heterocycles. The second-order valence-electron chi connectivity index (χ2n) is 4.44. The molecule has 0 fully saturated rings. The fourth-order valence-corrected chi connectivity index (χ4v) is 1.71. The first-order valence-electron chi connectivity index (χ1n) is 5.67. The molecule has 0 aliphatic carbocycles. The van der Waals surface area contributed by atoms with E-state index in [4.69, 9.17) is 0 Å². The van der Waals surface area contributed by atoms with Crippen LogP contribution in [0, 0.1) is 0 Å². The van der Waals surface area contributed by atoms with Gasteiger partial charge >= 0.3 is 0 Å². The fraction of sp³-hybridized carbons (Fsp3) is 0.429. The van der Waals surface area contributed by atoms with Crippen LogP contribution in [0.2, 0.25) is 0 Å². The smallest absolute Gasteiger partial charge is 0.0295 e. The highest BCUT2D eigenvalue weighted by atomic mass is 79.9. The Morgan fingerprint density at radius 1 is 1.19 bits per heavy atom. The van der Waals surface area contributed by atoms with E-state index in [9.17, 15) is 0 Å². The molecule has 1 nitrogen and oxygen atoms in total. The zero-order chi connectivity index (χ0) is 12.1. The molecule has 2 heteroatoms. The SMILES string of the molecule is C=C(Br)CNC(C)c1ccc(C(C)C)cc1. The largest absolute Gasteiger partial charge is 0.306 e. The summed E-state index contributed by atoms with van der Waals surface area (Å²) >= 11 is 3.35. The lowest BCUT2D eigenvalue weighted by Gasteiger charge is -2.15. The molecule has 0 saturated carbocycles. The van der Waals surface area contributed by atoms with E-state index in [1.54, 1.807) is 0 Å². The van der Waals surface area contributed by atoms with Crippen LogP contribution >= 0.6 is 15.9 Å². The minimum Gasteiger partial charge on any atom is -0.306 e. The Hall–Kier alpha value is -0.600. The highest BCUT2D eigenvalue weighted by Crippen LogP contribution is 2.18. The molecule has 0 aliphatic heterocycles. The zero-order valence-electron chi connectivity index (χ0n) is 10.3. The second-order valence-corrected chi connectivity index (χ2v) is 5.56. The predicted octanol–water partition coefficient (Wildman–Crippen LogP) is 4.37. The van der Waals surface area contributed by atoms with E-state index in [0.29, 0.717) is 12.0 Å². The molecule has 1 unspecified atom stereocenters. The van der Waals surface area contributed by atoms with E-state index in [0.717, 1.165) is 11.0 Å². The van der Waals surface area contributed by atoms with Crippen molar-refractivity contribution in [3.63, 3.8) is 0 Å². The Morgan fingerprint density at radius 2 is 1.69 bits per heavy atom. The Morgan fingerprint density at radius 3 is 2.12 bits per heavy atom. The van der Waals surface area contributed by atoms with Crippen molar-refractivity contribution in [1.82, 2.24) is 5.32 Å². The van der Waals surface area contributed by atoms with E-state index >= 15 is 0 Å². The van der Waals surface area contributed by atoms with Gasteiger partial charge in [-0.15, -0.1) is 0 Å². The summed E-state index contributed by atoms with van der Waals surface area (Å²) in [5, 5.41) is 3.40. The lowest BCUT2D eigenvalue weighted by atomic mass is 10.00. The number of benzene rings is 1. The molecule has 0 aromatic heterocycles.